The van der Waals surface area contributed by atoms with Crippen molar-refractivity contribution < 1.29 is 9.53 Å². The number of para-hydroxylation sites is 1. The van der Waals surface area contributed by atoms with E-state index >= 15 is 0 Å². The van der Waals surface area contributed by atoms with E-state index in [-0.39, 0.29) is 5.91 Å². The van der Waals surface area contributed by atoms with E-state index in [9.17, 15) is 4.79 Å². The van der Waals surface area contributed by atoms with Crippen LogP contribution < -0.4 is 4.74 Å². The zero-order chi connectivity index (χ0) is 23.0. The molecule has 2 heterocycles. The van der Waals surface area contributed by atoms with Crippen LogP contribution in [0.4, 0.5) is 5.69 Å². The maximum absolute atomic E-state index is 13.5. The Morgan fingerprint density at radius 2 is 2.00 bits per heavy atom. The van der Waals surface area contributed by atoms with Gasteiger partial charge in [0.2, 0.25) is 0 Å². The summed E-state index contributed by atoms with van der Waals surface area (Å²) in [5.41, 5.74) is 2.61. The van der Waals surface area contributed by atoms with Crippen LogP contribution in [0.3, 0.4) is 0 Å². The lowest BCUT2D eigenvalue weighted by Crippen LogP contribution is -2.28. The first-order valence-electron chi connectivity index (χ1n) is 10.8. The van der Waals surface area contributed by atoms with Crippen molar-refractivity contribution in [2.45, 2.75) is 26.3 Å². The van der Waals surface area contributed by atoms with E-state index in [1.54, 1.807) is 17.3 Å². The summed E-state index contributed by atoms with van der Waals surface area (Å²) in [6, 6.07) is 19.4. The Labute approximate surface area is 206 Å². The van der Waals surface area contributed by atoms with Gasteiger partial charge in [-0.15, -0.1) is 0 Å². The summed E-state index contributed by atoms with van der Waals surface area (Å²) in [5, 5.41) is 0.643. The van der Waals surface area contributed by atoms with Crippen LogP contribution in [0.5, 0.6) is 5.75 Å². The normalized spacial score (nSPS) is 16.1. The van der Waals surface area contributed by atoms with Crippen LogP contribution in [0, 0.1) is 0 Å². The highest BCUT2D eigenvalue weighted by Crippen LogP contribution is 2.37. The number of aliphatic imine (C=N–C) groups is 1. The lowest BCUT2D eigenvalue weighted by atomic mass is 10.1. The predicted octanol–water partition coefficient (Wildman–Crippen LogP) is 6.83. The number of ether oxygens (including phenoxy) is 1. The Bertz CT molecular complexity index is 1170. The summed E-state index contributed by atoms with van der Waals surface area (Å²) >= 11 is 4.91. The van der Waals surface area contributed by atoms with E-state index in [4.69, 9.17) is 9.73 Å². The quantitative estimate of drug-likeness (QED) is 0.241. The number of unbranched alkanes of at least 4 members (excludes halogenated alkanes) is 1. The molecular formula is C26H24BrN3O2S. The molecule has 33 heavy (non-hydrogen) atoms. The SMILES string of the molecule is CCCCOc1ccc(Br)cc1C=C1SC(=Nc2ccccc2)N(Cc2cccnc2)C1=O. The lowest BCUT2D eigenvalue weighted by molar-refractivity contribution is -0.122. The van der Waals surface area contributed by atoms with Crippen molar-refractivity contribution in [3.05, 3.63) is 93.6 Å². The molecule has 7 heteroatoms. The molecule has 168 valence electrons. The number of benzene rings is 2. The lowest BCUT2D eigenvalue weighted by Gasteiger charge is -2.15. The molecule has 1 saturated heterocycles. The predicted molar refractivity (Wildman–Crippen MR) is 138 cm³/mol. The monoisotopic (exact) mass is 521 g/mol. The molecular weight excluding hydrogens is 498 g/mol. The number of pyridine rings is 1. The maximum atomic E-state index is 13.5. The minimum atomic E-state index is -0.0852. The maximum Gasteiger partial charge on any atom is 0.267 e. The molecule has 4 rings (SSSR count). The summed E-state index contributed by atoms with van der Waals surface area (Å²) in [4.78, 5) is 24.7. The molecule has 0 aliphatic carbocycles. The van der Waals surface area contributed by atoms with Crippen molar-refractivity contribution >= 4 is 50.5 Å². The van der Waals surface area contributed by atoms with E-state index in [0.29, 0.717) is 23.2 Å². The first kappa shape index (κ1) is 23.3. The molecule has 0 saturated carbocycles. The van der Waals surface area contributed by atoms with Gasteiger partial charge in [-0.05, 0) is 66.2 Å². The fourth-order valence-corrected chi connectivity index (χ4v) is 4.62. The van der Waals surface area contributed by atoms with Crippen LogP contribution >= 0.6 is 27.7 Å². The van der Waals surface area contributed by atoms with Crippen LogP contribution in [-0.4, -0.2) is 27.6 Å². The zero-order valence-corrected chi connectivity index (χ0v) is 20.7. The van der Waals surface area contributed by atoms with Crippen molar-refractivity contribution in [3.8, 4) is 5.75 Å². The van der Waals surface area contributed by atoms with Crippen molar-refractivity contribution in [1.82, 2.24) is 9.88 Å². The number of hydrogen-bond acceptors (Lipinski definition) is 5. The number of amidine groups is 1. The van der Waals surface area contributed by atoms with Crippen LogP contribution in [0.25, 0.3) is 6.08 Å². The Morgan fingerprint density at radius 3 is 2.76 bits per heavy atom. The highest BCUT2D eigenvalue weighted by atomic mass is 79.9. The number of rotatable bonds is 8. The van der Waals surface area contributed by atoms with Gasteiger partial charge in [0, 0.05) is 22.4 Å². The van der Waals surface area contributed by atoms with Gasteiger partial charge in [-0.25, -0.2) is 4.99 Å². The van der Waals surface area contributed by atoms with Gasteiger partial charge in [0.25, 0.3) is 5.91 Å². The molecule has 1 aliphatic heterocycles. The molecule has 0 atom stereocenters. The van der Waals surface area contributed by atoms with E-state index < -0.39 is 0 Å². The molecule has 1 aliphatic rings. The van der Waals surface area contributed by atoms with Gasteiger partial charge in [-0.2, -0.15) is 0 Å². The third-order valence-corrected chi connectivity index (χ3v) is 6.45. The smallest absolute Gasteiger partial charge is 0.267 e. The largest absolute Gasteiger partial charge is 0.493 e. The van der Waals surface area contributed by atoms with Crippen molar-refractivity contribution in [1.29, 1.82) is 0 Å². The van der Waals surface area contributed by atoms with E-state index in [2.05, 4.69) is 27.8 Å². The second-order valence-electron chi connectivity index (χ2n) is 7.48. The molecule has 1 amide bonds. The average Bonchev–Trinajstić information content (AvgIpc) is 3.11. The van der Waals surface area contributed by atoms with Crippen LogP contribution in [-0.2, 0) is 11.3 Å². The topological polar surface area (TPSA) is 54.8 Å². The third kappa shape index (κ3) is 6.12. The third-order valence-electron chi connectivity index (χ3n) is 4.95. The number of aromatic nitrogens is 1. The Morgan fingerprint density at radius 1 is 1.15 bits per heavy atom. The van der Waals surface area contributed by atoms with Crippen molar-refractivity contribution in [3.63, 3.8) is 0 Å². The molecule has 0 bridgehead atoms. The van der Waals surface area contributed by atoms with E-state index in [0.717, 1.165) is 39.9 Å². The highest BCUT2D eigenvalue weighted by Gasteiger charge is 2.33. The minimum absolute atomic E-state index is 0.0852. The minimum Gasteiger partial charge on any atom is -0.493 e. The Balaban J connectivity index is 1.68. The number of nitrogens with zero attached hydrogens (tertiary/aromatic N) is 3. The fourth-order valence-electron chi connectivity index (χ4n) is 3.25. The summed E-state index contributed by atoms with van der Waals surface area (Å²) in [6.07, 6.45) is 7.43. The molecule has 2 aromatic carbocycles. The molecule has 0 unspecified atom stereocenters. The summed E-state index contributed by atoms with van der Waals surface area (Å²) in [6.45, 7) is 3.18. The Hall–Kier alpha value is -2.90. The second-order valence-corrected chi connectivity index (χ2v) is 9.40. The second kappa shape index (κ2) is 11.3. The van der Waals surface area contributed by atoms with Gasteiger partial charge in [0.15, 0.2) is 5.17 Å². The van der Waals surface area contributed by atoms with Crippen molar-refractivity contribution in [2.75, 3.05) is 6.61 Å². The van der Waals surface area contributed by atoms with Crippen LogP contribution in [0.2, 0.25) is 0 Å². The van der Waals surface area contributed by atoms with Gasteiger partial charge >= 0.3 is 0 Å². The van der Waals surface area contributed by atoms with Crippen molar-refractivity contribution in [2.24, 2.45) is 4.99 Å². The summed E-state index contributed by atoms with van der Waals surface area (Å²) < 4.78 is 6.91. The number of amides is 1. The fraction of sp³-hybridized carbons (Fsp3) is 0.192. The van der Waals surface area contributed by atoms with Gasteiger partial charge in [-0.1, -0.05) is 53.5 Å². The zero-order valence-electron chi connectivity index (χ0n) is 18.3. The molecule has 5 nitrogen and oxygen atoms in total. The number of hydrogen-bond donors (Lipinski definition) is 0. The number of thioether (sulfide) groups is 1. The summed E-state index contributed by atoms with van der Waals surface area (Å²) in [5.74, 6) is 0.679. The van der Waals surface area contributed by atoms with Gasteiger partial charge in [0.05, 0.1) is 23.7 Å². The number of carbonyl (C=O) groups is 1. The summed E-state index contributed by atoms with van der Waals surface area (Å²) in [7, 11) is 0. The van der Waals surface area contributed by atoms with Crippen LogP contribution in [0.15, 0.2) is 87.4 Å². The Kier molecular flexibility index (Phi) is 7.96. The first-order valence-corrected chi connectivity index (χ1v) is 12.4. The van der Waals surface area contributed by atoms with Gasteiger partial charge < -0.3 is 4.74 Å². The van der Waals surface area contributed by atoms with Gasteiger partial charge in [0.1, 0.15) is 5.75 Å². The molecule has 0 spiro atoms. The molecule has 0 N–H and O–H groups in total. The van der Waals surface area contributed by atoms with Crippen LogP contribution in [0.1, 0.15) is 30.9 Å². The molecule has 1 fully saturated rings. The molecule has 1 aromatic heterocycles. The van der Waals surface area contributed by atoms with Gasteiger partial charge in [-0.3, -0.25) is 14.7 Å². The number of halogens is 1. The van der Waals surface area contributed by atoms with E-state index in [1.807, 2.05) is 66.7 Å². The molecule has 0 radical (unpaired) electrons. The number of carbonyl (C=O) groups excluding carboxylic acids is 1. The standard InChI is InChI=1S/C26H24BrN3O2S/c1-2-3-14-32-23-12-11-21(27)15-20(23)16-24-25(31)30(18-19-8-7-13-28-17-19)26(33-24)29-22-9-5-4-6-10-22/h4-13,15-17H,2-3,14,18H2,1H3. The highest BCUT2D eigenvalue weighted by molar-refractivity contribution is 9.10. The average molecular weight is 522 g/mol. The van der Waals surface area contributed by atoms with E-state index in [1.165, 1.54) is 11.8 Å². The molecule has 3 aromatic rings. The first-order chi connectivity index (χ1) is 16.1.